The molecule has 0 bridgehead atoms. The lowest BCUT2D eigenvalue weighted by Crippen LogP contribution is -2.44. The number of ether oxygens (including phenoxy) is 1. The van der Waals surface area contributed by atoms with Crippen LogP contribution in [0.5, 0.6) is 5.75 Å². The van der Waals surface area contributed by atoms with E-state index >= 15 is 0 Å². The molecule has 1 N–H and O–H groups in total. The fourth-order valence-electron chi connectivity index (χ4n) is 2.86. The van der Waals surface area contributed by atoms with E-state index in [1.165, 1.54) is 0 Å². The zero-order valence-corrected chi connectivity index (χ0v) is 13.6. The number of para-hydroxylation sites is 1. The number of anilines is 1. The van der Waals surface area contributed by atoms with Gasteiger partial charge in [-0.3, -0.25) is 4.98 Å². The Bertz CT molecular complexity index is 597. The Labute approximate surface area is 137 Å². The van der Waals surface area contributed by atoms with E-state index < -0.39 is 0 Å². The first-order valence-electron chi connectivity index (χ1n) is 8.26. The Morgan fingerprint density at radius 2 is 1.96 bits per heavy atom. The predicted molar refractivity (Wildman–Crippen MR) is 91.9 cm³/mol. The third-order valence-electron chi connectivity index (χ3n) is 4.11. The minimum atomic E-state index is 0.559. The fourth-order valence-corrected chi connectivity index (χ4v) is 2.86. The van der Waals surface area contributed by atoms with Gasteiger partial charge in [0.2, 0.25) is 0 Å². The van der Waals surface area contributed by atoms with Crippen LogP contribution in [0.1, 0.15) is 18.5 Å². The van der Waals surface area contributed by atoms with Crippen LogP contribution in [0.25, 0.3) is 0 Å². The highest BCUT2D eigenvalue weighted by Crippen LogP contribution is 2.17. The van der Waals surface area contributed by atoms with Gasteiger partial charge in [0, 0.05) is 31.9 Å². The maximum Gasteiger partial charge on any atom is 0.147 e. The van der Waals surface area contributed by atoms with Gasteiger partial charge in [0.25, 0.3) is 0 Å². The van der Waals surface area contributed by atoms with Crippen molar-refractivity contribution in [1.29, 1.82) is 0 Å². The first kappa shape index (κ1) is 15.7. The third-order valence-corrected chi connectivity index (χ3v) is 4.11. The van der Waals surface area contributed by atoms with Crippen molar-refractivity contribution in [3.8, 4) is 5.75 Å². The van der Waals surface area contributed by atoms with Gasteiger partial charge >= 0.3 is 0 Å². The second-order valence-electron chi connectivity index (χ2n) is 5.90. The van der Waals surface area contributed by atoms with Crippen LogP contribution < -0.4 is 15.0 Å². The van der Waals surface area contributed by atoms with Crippen LogP contribution in [-0.2, 0) is 0 Å². The Morgan fingerprint density at radius 3 is 2.70 bits per heavy atom. The number of aromatic nitrogens is 2. The van der Waals surface area contributed by atoms with E-state index in [0.717, 1.165) is 49.7 Å². The Kier molecular flexibility index (Phi) is 5.42. The number of piperidine rings is 1. The average molecular weight is 312 g/mol. The van der Waals surface area contributed by atoms with Gasteiger partial charge in [-0.15, -0.1) is 0 Å². The van der Waals surface area contributed by atoms with Gasteiger partial charge in [-0.1, -0.05) is 18.2 Å². The standard InChI is InChI=1S/C18H24N4O/c1-15-13-19-14-18(21-15)22-10-7-16(8-11-22)20-9-12-23-17-5-3-2-4-6-17/h2-6,13-14,16,20H,7-12H2,1H3. The second kappa shape index (κ2) is 7.92. The van der Waals surface area contributed by atoms with Crippen molar-refractivity contribution in [2.75, 3.05) is 31.1 Å². The van der Waals surface area contributed by atoms with Crippen LogP contribution in [0, 0.1) is 6.92 Å². The number of hydrogen-bond donors (Lipinski definition) is 1. The molecular formula is C18H24N4O. The molecule has 0 atom stereocenters. The molecule has 1 aromatic heterocycles. The Balaban J connectivity index is 1.36. The maximum atomic E-state index is 5.71. The predicted octanol–water partition coefficient (Wildman–Crippen LogP) is 2.42. The molecule has 1 aliphatic heterocycles. The smallest absolute Gasteiger partial charge is 0.147 e. The van der Waals surface area contributed by atoms with Crippen molar-refractivity contribution in [3.05, 3.63) is 48.4 Å². The molecule has 1 fully saturated rings. The summed E-state index contributed by atoms with van der Waals surface area (Å²) in [5.41, 5.74) is 0.973. The van der Waals surface area contributed by atoms with E-state index in [1.54, 1.807) is 6.20 Å². The molecule has 1 aliphatic rings. The summed E-state index contributed by atoms with van der Waals surface area (Å²) in [5, 5.41) is 3.59. The minimum absolute atomic E-state index is 0.559. The van der Waals surface area contributed by atoms with Crippen LogP contribution in [-0.4, -0.2) is 42.3 Å². The molecule has 5 heteroatoms. The van der Waals surface area contributed by atoms with Gasteiger partial charge in [-0.05, 0) is 31.9 Å². The van der Waals surface area contributed by atoms with Crippen LogP contribution in [0.15, 0.2) is 42.7 Å². The zero-order valence-electron chi connectivity index (χ0n) is 13.6. The van der Waals surface area contributed by atoms with Gasteiger partial charge in [0.15, 0.2) is 0 Å². The summed E-state index contributed by atoms with van der Waals surface area (Å²) >= 11 is 0. The van der Waals surface area contributed by atoms with Crippen molar-refractivity contribution in [2.45, 2.75) is 25.8 Å². The number of hydrogen-bond acceptors (Lipinski definition) is 5. The summed E-state index contributed by atoms with van der Waals surface area (Å²) in [6.07, 6.45) is 5.90. The van der Waals surface area contributed by atoms with Crippen LogP contribution in [0.4, 0.5) is 5.82 Å². The molecule has 5 nitrogen and oxygen atoms in total. The van der Waals surface area contributed by atoms with E-state index in [2.05, 4.69) is 20.2 Å². The van der Waals surface area contributed by atoms with E-state index in [4.69, 9.17) is 4.74 Å². The van der Waals surface area contributed by atoms with Crippen LogP contribution >= 0.6 is 0 Å². The quantitative estimate of drug-likeness (QED) is 0.830. The van der Waals surface area contributed by atoms with E-state index in [1.807, 2.05) is 43.5 Å². The molecule has 122 valence electrons. The molecule has 2 heterocycles. The molecule has 1 aromatic carbocycles. The second-order valence-corrected chi connectivity index (χ2v) is 5.90. The van der Waals surface area contributed by atoms with E-state index in [-0.39, 0.29) is 0 Å². The molecule has 0 spiro atoms. The molecule has 2 aromatic rings. The third kappa shape index (κ3) is 4.66. The number of benzene rings is 1. The largest absolute Gasteiger partial charge is 0.492 e. The topological polar surface area (TPSA) is 50.3 Å². The normalized spacial score (nSPS) is 15.6. The van der Waals surface area contributed by atoms with Gasteiger partial charge in [0.05, 0.1) is 11.9 Å². The summed E-state index contributed by atoms with van der Waals surface area (Å²) in [4.78, 5) is 11.1. The maximum absolute atomic E-state index is 5.71. The first-order chi connectivity index (χ1) is 11.3. The minimum Gasteiger partial charge on any atom is -0.492 e. The number of rotatable bonds is 6. The van der Waals surface area contributed by atoms with Crippen molar-refractivity contribution in [3.63, 3.8) is 0 Å². The monoisotopic (exact) mass is 312 g/mol. The SMILES string of the molecule is Cc1cncc(N2CCC(NCCOc3ccccc3)CC2)n1. The summed E-state index contributed by atoms with van der Waals surface area (Å²) < 4.78 is 5.71. The van der Waals surface area contributed by atoms with Crippen molar-refractivity contribution >= 4 is 5.82 Å². The highest BCUT2D eigenvalue weighted by Gasteiger charge is 2.19. The zero-order chi connectivity index (χ0) is 15.9. The molecule has 0 radical (unpaired) electrons. The van der Waals surface area contributed by atoms with Gasteiger partial charge in [-0.25, -0.2) is 4.98 Å². The highest BCUT2D eigenvalue weighted by atomic mass is 16.5. The number of nitrogens with zero attached hydrogens (tertiary/aromatic N) is 3. The summed E-state index contributed by atoms with van der Waals surface area (Å²) in [6.45, 7) is 5.61. The number of nitrogens with one attached hydrogen (secondary N) is 1. The molecule has 0 amide bonds. The fraction of sp³-hybridized carbons (Fsp3) is 0.444. The number of aryl methyl sites for hydroxylation is 1. The summed E-state index contributed by atoms with van der Waals surface area (Å²) in [5.74, 6) is 1.93. The van der Waals surface area contributed by atoms with Crippen molar-refractivity contribution in [2.24, 2.45) is 0 Å². The lowest BCUT2D eigenvalue weighted by atomic mass is 10.1. The molecule has 23 heavy (non-hydrogen) atoms. The first-order valence-corrected chi connectivity index (χ1v) is 8.26. The summed E-state index contributed by atoms with van der Waals surface area (Å²) in [6, 6.07) is 10.5. The lowest BCUT2D eigenvalue weighted by Gasteiger charge is -2.33. The molecule has 3 rings (SSSR count). The van der Waals surface area contributed by atoms with Crippen molar-refractivity contribution in [1.82, 2.24) is 15.3 Å². The lowest BCUT2D eigenvalue weighted by molar-refractivity contribution is 0.296. The van der Waals surface area contributed by atoms with Gasteiger partial charge in [-0.2, -0.15) is 0 Å². The molecule has 0 unspecified atom stereocenters. The van der Waals surface area contributed by atoms with Crippen LogP contribution in [0.3, 0.4) is 0 Å². The Hall–Kier alpha value is -2.14. The molecule has 1 saturated heterocycles. The van der Waals surface area contributed by atoms with Gasteiger partial charge in [0.1, 0.15) is 18.2 Å². The summed E-state index contributed by atoms with van der Waals surface area (Å²) in [7, 11) is 0. The van der Waals surface area contributed by atoms with Gasteiger partial charge < -0.3 is 15.0 Å². The molecular weight excluding hydrogens is 288 g/mol. The molecule has 0 saturated carbocycles. The molecule has 0 aliphatic carbocycles. The van der Waals surface area contributed by atoms with E-state index in [0.29, 0.717) is 12.6 Å². The van der Waals surface area contributed by atoms with E-state index in [9.17, 15) is 0 Å². The van der Waals surface area contributed by atoms with Crippen LogP contribution in [0.2, 0.25) is 0 Å². The van der Waals surface area contributed by atoms with Crippen molar-refractivity contribution < 1.29 is 4.74 Å². The average Bonchev–Trinajstić information content (AvgIpc) is 2.60. The highest BCUT2D eigenvalue weighted by molar-refractivity contribution is 5.36. The Morgan fingerprint density at radius 1 is 1.17 bits per heavy atom.